The van der Waals surface area contributed by atoms with Crippen LogP contribution in [0, 0.1) is 0 Å². The van der Waals surface area contributed by atoms with Crippen LogP contribution in [0.2, 0.25) is 0 Å². The highest BCUT2D eigenvalue weighted by atomic mass is 16.5. The molecule has 0 atom stereocenters. The van der Waals surface area contributed by atoms with Gasteiger partial charge in [-0.2, -0.15) is 4.98 Å². The fourth-order valence-electron chi connectivity index (χ4n) is 2.32. The van der Waals surface area contributed by atoms with Gasteiger partial charge in [0.25, 0.3) is 0 Å². The van der Waals surface area contributed by atoms with E-state index >= 15 is 0 Å². The summed E-state index contributed by atoms with van der Waals surface area (Å²) in [5.74, 6) is 2.30. The second kappa shape index (κ2) is 5.41. The summed E-state index contributed by atoms with van der Waals surface area (Å²) >= 11 is 0. The number of methoxy groups -OCH3 is 2. The molecule has 0 aliphatic rings. The Morgan fingerprint density at radius 3 is 2.62 bits per heavy atom. The fourth-order valence-corrected chi connectivity index (χ4v) is 2.32. The molecule has 3 aromatic rings. The molecule has 108 valence electrons. The number of ether oxygens (including phenoxy) is 2. The van der Waals surface area contributed by atoms with Crippen LogP contribution < -0.4 is 15.2 Å². The van der Waals surface area contributed by atoms with Gasteiger partial charge in [-0.25, -0.2) is 0 Å². The number of benzene rings is 2. The van der Waals surface area contributed by atoms with Crippen molar-refractivity contribution in [1.82, 2.24) is 10.1 Å². The molecular weight excluding hydrogens is 270 g/mol. The summed E-state index contributed by atoms with van der Waals surface area (Å²) in [6, 6.07) is 9.61. The van der Waals surface area contributed by atoms with Crippen LogP contribution >= 0.6 is 0 Å². The molecule has 0 aliphatic heterocycles. The van der Waals surface area contributed by atoms with Crippen LogP contribution in [0.25, 0.3) is 22.2 Å². The molecule has 0 amide bonds. The first-order valence-corrected chi connectivity index (χ1v) is 6.45. The number of aromatic nitrogens is 2. The van der Waals surface area contributed by atoms with Crippen molar-refractivity contribution < 1.29 is 14.0 Å². The van der Waals surface area contributed by atoms with Gasteiger partial charge in [0, 0.05) is 10.8 Å². The van der Waals surface area contributed by atoms with Crippen molar-refractivity contribution in [2.24, 2.45) is 5.73 Å². The van der Waals surface area contributed by atoms with Crippen LogP contribution in [-0.4, -0.2) is 24.4 Å². The van der Waals surface area contributed by atoms with E-state index in [2.05, 4.69) is 10.1 Å². The maximum absolute atomic E-state index is 5.55. The SMILES string of the molecule is COc1cccc2c(OC)c(-c3noc(CN)n3)ccc12. The van der Waals surface area contributed by atoms with E-state index in [0.717, 1.165) is 22.1 Å². The third kappa shape index (κ3) is 2.19. The van der Waals surface area contributed by atoms with E-state index in [1.54, 1.807) is 14.2 Å². The first-order chi connectivity index (χ1) is 10.3. The lowest BCUT2D eigenvalue weighted by Gasteiger charge is -2.11. The van der Waals surface area contributed by atoms with E-state index in [1.165, 1.54) is 0 Å². The first kappa shape index (κ1) is 13.4. The van der Waals surface area contributed by atoms with Crippen LogP contribution in [-0.2, 0) is 6.54 Å². The fraction of sp³-hybridized carbons (Fsp3) is 0.200. The number of rotatable bonds is 4. The van der Waals surface area contributed by atoms with Crippen molar-refractivity contribution in [2.75, 3.05) is 14.2 Å². The molecule has 0 unspecified atom stereocenters. The highest BCUT2D eigenvalue weighted by molar-refractivity contribution is 5.97. The Bertz CT molecular complexity index is 783. The molecule has 0 saturated carbocycles. The molecule has 21 heavy (non-hydrogen) atoms. The van der Waals surface area contributed by atoms with Gasteiger partial charge in [0.15, 0.2) is 0 Å². The standard InChI is InChI=1S/C15H15N3O3/c1-19-12-5-3-4-10-9(12)6-7-11(14(10)20-2)15-17-13(8-16)21-18-15/h3-7H,8,16H2,1-2H3. The lowest BCUT2D eigenvalue weighted by atomic mass is 10.0. The van der Waals surface area contributed by atoms with E-state index in [1.807, 2.05) is 30.3 Å². The van der Waals surface area contributed by atoms with Crippen molar-refractivity contribution in [1.29, 1.82) is 0 Å². The Labute approximate surface area is 121 Å². The number of nitrogens with two attached hydrogens (primary N) is 1. The number of hydrogen-bond donors (Lipinski definition) is 1. The topological polar surface area (TPSA) is 83.4 Å². The molecule has 6 nitrogen and oxygen atoms in total. The smallest absolute Gasteiger partial charge is 0.240 e. The third-order valence-electron chi connectivity index (χ3n) is 3.28. The number of fused-ring (bicyclic) bond motifs is 1. The largest absolute Gasteiger partial charge is 0.496 e. The molecule has 2 aromatic carbocycles. The second-order valence-electron chi connectivity index (χ2n) is 4.42. The average Bonchev–Trinajstić information content (AvgIpc) is 3.01. The Balaban J connectivity index is 2.24. The minimum Gasteiger partial charge on any atom is -0.496 e. The quantitative estimate of drug-likeness (QED) is 0.792. The lowest BCUT2D eigenvalue weighted by molar-refractivity contribution is 0.380. The van der Waals surface area contributed by atoms with Gasteiger partial charge in [0.1, 0.15) is 11.5 Å². The Kier molecular flexibility index (Phi) is 3.45. The van der Waals surface area contributed by atoms with E-state index in [4.69, 9.17) is 19.7 Å². The number of hydrogen-bond acceptors (Lipinski definition) is 6. The Hall–Kier alpha value is -2.60. The summed E-state index contributed by atoms with van der Waals surface area (Å²) in [4.78, 5) is 4.24. The number of nitrogens with zero attached hydrogens (tertiary/aromatic N) is 2. The summed E-state index contributed by atoms with van der Waals surface area (Å²) in [6.07, 6.45) is 0. The summed E-state index contributed by atoms with van der Waals surface area (Å²) in [5, 5.41) is 5.82. The van der Waals surface area contributed by atoms with Crippen molar-refractivity contribution >= 4 is 10.8 Å². The second-order valence-corrected chi connectivity index (χ2v) is 4.42. The van der Waals surface area contributed by atoms with Crippen LogP contribution in [0.4, 0.5) is 0 Å². The minimum absolute atomic E-state index is 0.205. The van der Waals surface area contributed by atoms with Gasteiger partial charge in [-0.3, -0.25) is 0 Å². The zero-order chi connectivity index (χ0) is 14.8. The van der Waals surface area contributed by atoms with E-state index < -0.39 is 0 Å². The normalized spacial score (nSPS) is 10.8. The summed E-state index contributed by atoms with van der Waals surface area (Å²) in [6.45, 7) is 0.205. The highest BCUT2D eigenvalue weighted by Gasteiger charge is 2.16. The summed E-state index contributed by atoms with van der Waals surface area (Å²) in [7, 11) is 3.25. The lowest BCUT2D eigenvalue weighted by Crippen LogP contribution is -1.96. The van der Waals surface area contributed by atoms with Crippen LogP contribution in [0.3, 0.4) is 0 Å². The molecule has 0 fully saturated rings. The summed E-state index contributed by atoms with van der Waals surface area (Å²) < 4.78 is 16.0. The van der Waals surface area contributed by atoms with Crippen molar-refractivity contribution in [3.8, 4) is 22.9 Å². The molecule has 0 spiro atoms. The van der Waals surface area contributed by atoms with Crippen molar-refractivity contribution in [3.63, 3.8) is 0 Å². The van der Waals surface area contributed by atoms with Crippen LogP contribution in [0.1, 0.15) is 5.89 Å². The molecule has 0 radical (unpaired) electrons. The summed E-state index contributed by atoms with van der Waals surface area (Å²) in [5.41, 5.74) is 6.25. The zero-order valence-electron chi connectivity index (χ0n) is 11.8. The van der Waals surface area contributed by atoms with E-state index in [-0.39, 0.29) is 6.54 Å². The first-order valence-electron chi connectivity index (χ1n) is 6.45. The molecule has 0 aliphatic carbocycles. The van der Waals surface area contributed by atoms with Gasteiger partial charge < -0.3 is 19.7 Å². The Morgan fingerprint density at radius 1 is 1.10 bits per heavy atom. The molecule has 3 rings (SSSR count). The highest BCUT2D eigenvalue weighted by Crippen LogP contribution is 2.38. The van der Waals surface area contributed by atoms with Crippen LogP contribution in [0.5, 0.6) is 11.5 Å². The third-order valence-corrected chi connectivity index (χ3v) is 3.28. The zero-order valence-corrected chi connectivity index (χ0v) is 11.8. The van der Waals surface area contributed by atoms with E-state index in [0.29, 0.717) is 17.5 Å². The monoisotopic (exact) mass is 285 g/mol. The maximum atomic E-state index is 5.55. The van der Waals surface area contributed by atoms with Crippen molar-refractivity contribution in [3.05, 3.63) is 36.2 Å². The molecule has 1 heterocycles. The molecule has 0 saturated heterocycles. The molecular formula is C15H15N3O3. The minimum atomic E-state index is 0.205. The van der Waals surface area contributed by atoms with Crippen LogP contribution in [0.15, 0.2) is 34.9 Å². The molecule has 1 aromatic heterocycles. The van der Waals surface area contributed by atoms with Gasteiger partial charge in [-0.1, -0.05) is 17.3 Å². The van der Waals surface area contributed by atoms with Gasteiger partial charge in [0.05, 0.1) is 26.3 Å². The van der Waals surface area contributed by atoms with Gasteiger partial charge in [-0.15, -0.1) is 0 Å². The van der Waals surface area contributed by atoms with Gasteiger partial charge in [-0.05, 0) is 18.2 Å². The predicted octanol–water partition coefficient (Wildman–Crippen LogP) is 2.37. The van der Waals surface area contributed by atoms with Gasteiger partial charge in [0.2, 0.25) is 11.7 Å². The molecule has 0 bridgehead atoms. The van der Waals surface area contributed by atoms with Crippen molar-refractivity contribution in [2.45, 2.75) is 6.54 Å². The van der Waals surface area contributed by atoms with E-state index in [9.17, 15) is 0 Å². The maximum Gasteiger partial charge on any atom is 0.240 e. The average molecular weight is 285 g/mol. The Morgan fingerprint density at radius 2 is 1.95 bits per heavy atom. The molecule has 2 N–H and O–H groups in total. The predicted molar refractivity (Wildman–Crippen MR) is 78.2 cm³/mol. The molecule has 6 heteroatoms. The van der Waals surface area contributed by atoms with Gasteiger partial charge >= 0.3 is 0 Å².